The fourth-order valence-electron chi connectivity index (χ4n) is 1.37. The van der Waals surface area contributed by atoms with Gasteiger partial charge in [-0.25, -0.2) is 4.79 Å². The Hall–Kier alpha value is -1.32. The van der Waals surface area contributed by atoms with E-state index in [1.165, 1.54) is 11.3 Å². The number of carboxylic acids is 1. The van der Waals surface area contributed by atoms with E-state index < -0.39 is 5.97 Å². The first-order chi connectivity index (χ1) is 7.20. The minimum Gasteiger partial charge on any atom is -0.477 e. The molecule has 0 saturated carbocycles. The van der Waals surface area contributed by atoms with E-state index in [-0.39, 0.29) is 0 Å². The van der Waals surface area contributed by atoms with Gasteiger partial charge in [0.1, 0.15) is 4.88 Å². The molecule has 0 spiro atoms. The summed E-state index contributed by atoms with van der Waals surface area (Å²) in [5.74, 6) is -0.917. The van der Waals surface area contributed by atoms with Crippen molar-refractivity contribution < 1.29 is 9.90 Å². The minimum absolute atomic E-state index is 0.322. The molecule has 4 heteroatoms. The van der Waals surface area contributed by atoms with Crippen molar-refractivity contribution in [3.05, 3.63) is 45.6 Å². The van der Waals surface area contributed by atoms with Gasteiger partial charge < -0.3 is 5.11 Å². The number of benzene rings is 1. The summed E-state index contributed by atoms with van der Waals surface area (Å²) in [7, 11) is 0. The van der Waals surface area contributed by atoms with Crippen molar-refractivity contribution in [3.8, 4) is 11.1 Å². The van der Waals surface area contributed by atoms with Crippen molar-refractivity contribution in [3.63, 3.8) is 0 Å². The molecule has 0 bridgehead atoms. The van der Waals surface area contributed by atoms with Gasteiger partial charge in [-0.1, -0.05) is 29.8 Å². The van der Waals surface area contributed by atoms with Crippen LogP contribution in [-0.2, 0) is 0 Å². The first-order valence-electron chi connectivity index (χ1n) is 4.26. The fraction of sp³-hybridized carbons (Fsp3) is 0. The number of hydrogen-bond donors (Lipinski definition) is 1. The Morgan fingerprint density at radius 1 is 1.20 bits per heavy atom. The summed E-state index contributed by atoms with van der Waals surface area (Å²) in [6.07, 6.45) is 0. The van der Waals surface area contributed by atoms with Crippen molar-refractivity contribution in [2.45, 2.75) is 0 Å². The molecule has 0 saturated heterocycles. The Bertz CT molecular complexity index is 505. The summed E-state index contributed by atoms with van der Waals surface area (Å²) >= 11 is 7.21. The van der Waals surface area contributed by atoms with E-state index in [9.17, 15) is 4.79 Å². The van der Waals surface area contributed by atoms with Gasteiger partial charge in [0.2, 0.25) is 0 Å². The molecule has 1 aromatic heterocycles. The quantitative estimate of drug-likeness (QED) is 0.865. The third kappa shape index (κ3) is 1.89. The molecule has 15 heavy (non-hydrogen) atoms. The van der Waals surface area contributed by atoms with Crippen LogP contribution >= 0.6 is 22.9 Å². The summed E-state index contributed by atoms with van der Waals surface area (Å²) in [6, 6.07) is 9.00. The van der Waals surface area contributed by atoms with Crippen LogP contribution in [0.3, 0.4) is 0 Å². The topological polar surface area (TPSA) is 37.3 Å². The van der Waals surface area contributed by atoms with Gasteiger partial charge in [-0.3, -0.25) is 0 Å². The highest BCUT2D eigenvalue weighted by Gasteiger charge is 2.14. The molecule has 0 amide bonds. The highest BCUT2D eigenvalue weighted by atomic mass is 35.5. The fourth-order valence-corrected chi connectivity index (χ4v) is 2.35. The van der Waals surface area contributed by atoms with Gasteiger partial charge in [0.05, 0.1) is 0 Å². The van der Waals surface area contributed by atoms with Crippen LogP contribution in [0.2, 0.25) is 5.02 Å². The zero-order valence-corrected chi connectivity index (χ0v) is 9.18. The number of aromatic carboxylic acids is 1. The van der Waals surface area contributed by atoms with Gasteiger partial charge in [0, 0.05) is 16.1 Å². The third-order valence-corrected chi connectivity index (χ3v) is 3.26. The van der Waals surface area contributed by atoms with Crippen LogP contribution in [0.1, 0.15) is 9.67 Å². The van der Waals surface area contributed by atoms with E-state index in [0.717, 1.165) is 5.56 Å². The Labute approximate surface area is 95.8 Å². The van der Waals surface area contributed by atoms with E-state index in [4.69, 9.17) is 16.7 Å². The number of carboxylic acid groups (broad SMARTS) is 1. The number of halogens is 1. The van der Waals surface area contributed by atoms with E-state index in [0.29, 0.717) is 15.5 Å². The molecule has 2 rings (SSSR count). The molecule has 76 valence electrons. The predicted molar refractivity (Wildman–Crippen MR) is 61.7 cm³/mol. The Kier molecular flexibility index (Phi) is 2.75. The Morgan fingerprint density at radius 2 is 1.93 bits per heavy atom. The Morgan fingerprint density at radius 3 is 2.60 bits per heavy atom. The van der Waals surface area contributed by atoms with Crippen LogP contribution in [0.25, 0.3) is 11.1 Å². The van der Waals surface area contributed by atoms with Gasteiger partial charge in [-0.15, -0.1) is 11.3 Å². The summed E-state index contributed by atoms with van der Waals surface area (Å²) in [5, 5.41) is 11.3. The number of carbonyl (C=O) groups is 1. The Balaban J connectivity index is 2.59. The van der Waals surface area contributed by atoms with Crippen molar-refractivity contribution in [2.75, 3.05) is 0 Å². The maximum Gasteiger partial charge on any atom is 0.346 e. The average molecular weight is 239 g/mol. The van der Waals surface area contributed by atoms with Crippen LogP contribution in [0.4, 0.5) is 0 Å². The van der Waals surface area contributed by atoms with Crippen molar-refractivity contribution in [2.24, 2.45) is 0 Å². The van der Waals surface area contributed by atoms with Crippen LogP contribution in [0.15, 0.2) is 35.7 Å². The third-order valence-electron chi connectivity index (χ3n) is 2.02. The van der Waals surface area contributed by atoms with E-state index in [1.807, 2.05) is 18.2 Å². The molecule has 1 N–H and O–H groups in total. The van der Waals surface area contributed by atoms with E-state index in [1.54, 1.807) is 17.5 Å². The van der Waals surface area contributed by atoms with E-state index in [2.05, 4.69) is 0 Å². The number of thiophene rings is 1. The predicted octanol–water partition coefficient (Wildman–Crippen LogP) is 3.77. The van der Waals surface area contributed by atoms with Gasteiger partial charge in [-0.05, 0) is 17.5 Å². The maximum absolute atomic E-state index is 10.9. The molecule has 0 radical (unpaired) electrons. The lowest BCUT2D eigenvalue weighted by Gasteiger charge is -2.02. The monoisotopic (exact) mass is 238 g/mol. The zero-order valence-electron chi connectivity index (χ0n) is 7.61. The van der Waals surface area contributed by atoms with Crippen molar-refractivity contribution in [1.82, 2.24) is 0 Å². The largest absolute Gasteiger partial charge is 0.477 e. The summed E-state index contributed by atoms with van der Waals surface area (Å²) in [4.78, 5) is 11.3. The second-order valence-corrected chi connectivity index (χ2v) is 4.27. The standard InChI is InChI=1S/C11H7ClO2S/c12-9-4-2-1-3-7(9)8-5-6-15-10(8)11(13)14/h1-6H,(H,13,14). The van der Waals surface area contributed by atoms with Crippen LogP contribution in [-0.4, -0.2) is 11.1 Å². The maximum atomic E-state index is 10.9. The first-order valence-corrected chi connectivity index (χ1v) is 5.51. The van der Waals surface area contributed by atoms with Crippen LogP contribution in [0.5, 0.6) is 0 Å². The van der Waals surface area contributed by atoms with Gasteiger partial charge in [0.25, 0.3) is 0 Å². The zero-order chi connectivity index (χ0) is 10.8. The molecule has 0 aliphatic carbocycles. The average Bonchev–Trinajstić information content (AvgIpc) is 2.67. The summed E-state index contributed by atoms with van der Waals surface area (Å²) < 4.78 is 0. The number of hydrogen-bond acceptors (Lipinski definition) is 2. The van der Waals surface area contributed by atoms with Gasteiger partial charge >= 0.3 is 5.97 Å². The number of rotatable bonds is 2. The molecule has 0 aliphatic rings. The SMILES string of the molecule is O=C(O)c1sccc1-c1ccccc1Cl. The lowest BCUT2D eigenvalue weighted by Crippen LogP contribution is -1.94. The highest BCUT2D eigenvalue weighted by molar-refractivity contribution is 7.12. The molecular weight excluding hydrogens is 232 g/mol. The van der Waals surface area contributed by atoms with Crippen LogP contribution in [0, 0.1) is 0 Å². The summed E-state index contributed by atoms with van der Waals surface area (Å²) in [5.41, 5.74) is 1.44. The minimum atomic E-state index is -0.917. The molecule has 0 fully saturated rings. The van der Waals surface area contributed by atoms with Crippen molar-refractivity contribution >= 4 is 28.9 Å². The molecule has 1 heterocycles. The van der Waals surface area contributed by atoms with Crippen LogP contribution < -0.4 is 0 Å². The molecule has 1 aromatic carbocycles. The molecule has 0 unspecified atom stereocenters. The normalized spacial score (nSPS) is 10.2. The molecule has 0 aliphatic heterocycles. The second kappa shape index (κ2) is 4.04. The molecular formula is C11H7ClO2S. The highest BCUT2D eigenvalue weighted by Crippen LogP contribution is 2.33. The molecule has 2 nitrogen and oxygen atoms in total. The summed E-state index contributed by atoms with van der Waals surface area (Å²) in [6.45, 7) is 0. The first kappa shape index (κ1) is 10.2. The van der Waals surface area contributed by atoms with E-state index >= 15 is 0 Å². The smallest absolute Gasteiger partial charge is 0.346 e. The van der Waals surface area contributed by atoms with Gasteiger partial charge in [-0.2, -0.15) is 0 Å². The second-order valence-electron chi connectivity index (χ2n) is 2.95. The lowest BCUT2D eigenvalue weighted by atomic mass is 10.1. The lowest BCUT2D eigenvalue weighted by molar-refractivity contribution is 0.0703. The molecule has 2 aromatic rings. The molecule has 0 atom stereocenters. The van der Waals surface area contributed by atoms with Crippen molar-refractivity contribution in [1.29, 1.82) is 0 Å². The van der Waals surface area contributed by atoms with Gasteiger partial charge in [0.15, 0.2) is 0 Å².